The van der Waals surface area contributed by atoms with E-state index in [0.717, 1.165) is 16.6 Å². The van der Waals surface area contributed by atoms with Crippen LogP contribution >= 0.6 is 22.9 Å². The molecule has 0 N–H and O–H groups in total. The summed E-state index contributed by atoms with van der Waals surface area (Å²) in [5, 5.41) is 1.14. The summed E-state index contributed by atoms with van der Waals surface area (Å²) in [7, 11) is 0. The Morgan fingerprint density at radius 2 is 2.00 bits per heavy atom. The van der Waals surface area contributed by atoms with Crippen molar-refractivity contribution in [2.24, 2.45) is 0 Å². The van der Waals surface area contributed by atoms with Crippen LogP contribution in [-0.2, 0) is 11.2 Å². The maximum atomic E-state index is 5.93. The maximum absolute atomic E-state index is 5.93. The third-order valence-electron chi connectivity index (χ3n) is 2.59. The van der Waals surface area contributed by atoms with Crippen LogP contribution in [0.5, 0.6) is 5.88 Å². The summed E-state index contributed by atoms with van der Waals surface area (Å²) >= 11 is 7.56. The van der Waals surface area contributed by atoms with Gasteiger partial charge in [0.1, 0.15) is 11.4 Å². The van der Waals surface area contributed by atoms with Crippen LogP contribution < -0.4 is 4.74 Å². The van der Waals surface area contributed by atoms with E-state index in [1.54, 1.807) is 11.3 Å². The van der Waals surface area contributed by atoms with Crippen molar-refractivity contribution in [2.45, 2.75) is 39.7 Å². The number of thiophene rings is 1. The summed E-state index contributed by atoms with van der Waals surface area (Å²) < 4.78 is 11.3. The van der Waals surface area contributed by atoms with Crippen molar-refractivity contribution >= 4 is 33.2 Å². The van der Waals surface area contributed by atoms with Gasteiger partial charge >= 0.3 is 0 Å². The fraction of sp³-hybridized carbons (Fsp3) is 0.571. The van der Waals surface area contributed by atoms with Crippen LogP contribution in [0, 0.1) is 0 Å². The lowest BCUT2D eigenvalue weighted by molar-refractivity contribution is -0.0166. The summed E-state index contributed by atoms with van der Waals surface area (Å²) in [6, 6.07) is 2.07. The number of nitrogens with zero attached hydrogens (tertiary/aromatic N) is 2. The van der Waals surface area contributed by atoms with E-state index in [1.165, 1.54) is 4.88 Å². The fourth-order valence-corrected chi connectivity index (χ4v) is 2.86. The number of rotatable bonds is 5. The monoisotopic (exact) mass is 314 g/mol. The Morgan fingerprint density at radius 3 is 2.65 bits per heavy atom. The molecule has 0 saturated heterocycles. The number of aryl methyl sites for hydroxylation is 1. The van der Waals surface area contributed by atoms with Gasteiger partial charge in [0, 0.05) is 4.88 Å². The van der Waals surface area contributed by atoms with Gasteiger partial charge in [-0.15, -0.1) is 11.3 Å². The number of halogens is 1. The van der Waals surface area contributed by atoms with Gasteiger partial charge in [0.15, 0.2) is 0 Å². The highest BCUT2D eigenvalue weighted by Gasteiger charge is 2.13. The lowest BCUT2D eigenvalue weighted by Gasteiger charge is -2.19. The third-order valence-corrected chi connectivity index (χ3v) is 3.93. The van der Waals surface area contributed by atoms with E-state index < -0.39 is 0 Å². The smallest absolute Gasteiger partial charge is 0.227 e. The van der Waals surface area contributed by atoms with Gasteiger partial charge in [-0.1, -0.05) is 6.92 Å². The molecule has 20 heavy (non-hydrogen) atoms. The second kappa shape index (κ2) is 6.24. The van der Waals surface area contributed by atoms with E-state index >= 15 is 0 Å². The Hall–Kier alpha value is -0.910. The normalized spacial score (nSPS) is 12.1. The molecular weight excluding hydrogens is 296 g/mol. The standard InChI is InChI=1S/C14H19ClN2O2S/c1-5-9-8-10-11(16-13(15)17-12(10)20-9)18-6-7-19-14(2,3)4/h8H,5-7H2,1-4H3. The molecule has 2 heterocycles. The van der Waals surface area contributed by atoms with Crippen LogP contribution in [0.3, 0.4) is 0 Å². The van der Waals surface area contributed by atoms with Crippen molar-refractivity contribution in [3.8, 4) is 5.88 Å². The third kappa shape index (κ3) is 4.04. The highest BCUT2D eigenvalue weighted by molar-refractivity contribution is 7.18. The average molecular weight is 315 g/mol. The Labute approximate surface area is 128 Å². The van der Waals surface area contributed by atoms with Crippen molar-refractivity contribution in [1.82, 2.24) is 9.97 Å². The van der Waals surface area contributed by atoms with Gasteiger partial charge in [0.2, 0.25) is 11.2 Å². The largest absolute Gasteiger partial charge is 0.475 e. The predicted octanol–water partition coefficient (Wildman–Crippen LogP) is 4.10. The van der Waals surface area contributed by atoms with Crippen LogP contribution in [0.2, 0.25) is 5.28 Å². The van der Waals surface area contributed by atoms with Crippen LogP contribution in [0.1, 0.15) is 32.6 Å². The van der Waals surface area contributed by atoms with Crippen molar-refractivity contribution in [1.29, 1.82) is 0 Å². The molecule has 0 saturated carbocycles. The molecule has 4 nitrogen and oxygen atoms in total. The summed E-state index contributed by atoms with van der Waals surface area (Å²) in [4.78, 5) is 10.5. The van der Waals surface area contributed by atoms with Gasteiger partial charge in [-0.25, -0.2) is 4.98 Å². The summed E-state index contributed by atoms with van der Waals surface area (Å²) in [6.45, 7) is 9.10. The molecule has 0 unspecified atom stereocenters. The van der Waals surface area contributed by atoms with Crippen LogP contribution in [0.25, 0.3) is 10.2 Å². The minimum atomic E-state index is -0.167. The number of hydrogen-bond donors (Lipinski definition) is 0. The van der Waals surface area contributed by atoms with Crippen molar-refractivity contribution < 1.29 is 9.47 Å². The van der Waals surface area contributed by atoms with E-state index in [9.17, 15) is 0 Å². The minimum Gasteiger partial charge on any atom is -0.475 e. The van der Waals surface area contributed by atoms with Gasteiger partial charge in [-0.3, -0.25) is 0 Å². The lowest BCUT2D eigenvalue weighted by Crippen LogP contribution is -2.22. The second-order valence-electron chi connectivity index (χ2n) is 5.39. The van der Waals surface area contributed by atoms with Crippen molar-refractivity contribution in [2.75, 3.05) is 13.2 Å². The molecule has 0 aliphatic heterocycles. The zero-order valence-corrected chi connectivity index (χ0v) is 13.8. The predicted molar refractivity (Wildman–Crippen MR) is 83.0 cm³/mol. The SMILES string of the molecule is CCc1cc2c(OCCOC(C)(C)C)nc(Cl)nc2s1. The first-order valence-corrected chi connectivity index (χ1v) is 7.81. The summed E-state index contributed by atoms with van der Waals surface area (Å²) in [5.41, 5.74) is -0.167. The average Bonchev–Trinajstić information content (AvgIpc) is 2.76. The molecule has 2 aromatic heterocycles. The topological polar surface area (TPSA) is 44.2 Å². The zero-order chi connectivity index (χ0) is 14.8. The minimum absolute atomic E-state index is 0.167. The molecule has 0 bridgehead atoms. The second-order valence-corrected chi connectivity index (χ2v) is 6.85. The summed E-state index contributed by atoms with van der Waals surface area (Å²) in [5.74, 6) is 0.536. The van der Waals surface area contributed by atoms with E-state index in [0.29, 0.717) is 19.1 Å². The molecule has 2 rings (SSSR count). The summed E-state index contributed by atoms with van der Waals surface area (Å²) in [6.07, 6.45) is 0.964. The van der Waals surface area contributed by atoms with Gasteiger partial charge in [-0.05, 0) is 44.9 Å². The Bertz CT molecular complexity index is 593. The lowest BCUT2D eigenvalue weighted by atomic mass is 10.2. The van der Waals surface area contributed by atoms with Gasteiger partial charge in [-0.2, -0.15) is 4.98 Å². The first-order chi connectivity index (χ1) is 9.39. The molecule has 0 aliphatic rings. The van der Waals surface area contributed by atoms with E-state index in [2.05, 4.69) is 23.0 Å². The molecule has 6 heteroatoms. The molecule has 2 aromatic rings. The number of hydrogen-bond acceptors (Lipinski definition) is 5. The number of aromatic nitrogens is 2. The molecular formula is C14H19ClN2O2S. The van der Waals surface area contributed by atoms with E-state index in [-0.39, 0.29) is 10.9 Å². The van der Waals surface area contributed by atoms with Crippen LogP contribution in [0.4, 0.5) is 0 Å². The molecule has 0 spiro atoms. The quantitative estimate of drug-likeness (QED) is 0.615. The Balaban J connectivity index is 2.10. The maximum Gasteiger partial charge on any atom is 0.227 e. The van der Waals surface area contributed by atoms with E-state index in [4.69, 9.17) is 21.1 Å². The molecule has 0 radical (unpaired) electrons. The van der Waals surface area contributed by atoms with Crippen LogP contribution in [0.15, 0.2) is 6.07 Å². The molecule has 0 atom stereocenters. The van der Waals surface area contributed by atoms with E-state index in [1.807, 2.05) is 20.8 Å². The number of ether oxygens (including phenoxy) is 2. The first-order valence-electron chi connectivity index (χ1n) is 6.62. The fourth-order valence-electron chi connectivity index (χ4n) is 1.69. The van der Waals surface area contributed by atoms with Gasteiger partial charge in [0.25, 0.3) is 0 Å². The number of fused-ring (bicyclic) bond motifs is 1. The Morgan fingerprint density at radius 1 is 1.25 bits per heavy atom. The highest BCUT2D eigenvalue weighted by atomic mass is 35.5. The highest BCUT2D eigenvalue weighted by Crippen LogP contribution is 2.31. The molecule has 0 aromatic carbocycles. The zero-order valence-electron chi connectivity index (χ0n) is 12.2. The first kappa shape index (κ1) is 15.5. The Kier molecular flexibility index (Phi) is 4.83. The van der Waals surface area contributed by atoms with Gasteiger partial charge in [0.05, 0.1) is 17.6 Å². The van der Waals surface area contributed by atoms with Crippen molar-refractivity contribution in [3.05, 3.63) is 16.2 Å². The van der Waals surface area contributed by atoms with Gasteiger partial charge < -0.3 is 9.47 Å². The molecule has 110 valence electrons. The van der Waals surface area contributed by atoms with Crippen LogP contribution in [-0.4, -0.2) is 28.8 Å². The van der Waals surface area contributed by atoms with Crippen molar-refractivity contribution in [3.63, 3.8) is 0 Å². The molecule has 0 fully saturated rings. The molecule has 0 aliphatic carbocycles. The molecule has 0 amide bonds.